The zero-order chi connectivity index (χ0) is 19.4. The molecule has 1 amide bonds. The van der Waals surface area contributed by atoms with Crippen molar-refractivity contribution >= 4 is 15.7 Å². The molecule has 6 heteroatoms. The van der Waals surface area contributed by atoms with Crippen LogP contribution in [0.4, 0.5) is 4.39 Å². The van der Waals surface area contributed by atoms with E-state index in [4.69, 9.17) is 0 Å². The summed E-state index contributed by atoms with van der Waals surface area (Å²) in [7, 11) is -3.42. The molecule has 0 bridgehead atoms. The Balaban J connectivity index is 1.63. The fraction of sp³-hybridized carbons (Fsp3) is 0.381. The van der Waals surface area contributed by atoms with E-state index in [9.17, 15) is 17.6 Å². The van der Waals surface area contributed by atoms with E-state index in [1.165, 1.54) is 6.07 Å². The molecule has 0 saturated carbocycles. The van der Waals surface area contributed by atoms with Crippen LogP contribution in [0.3, 0.4) is 0 Å². The average Bonchev–Trinajstić information content (AvgIpc) is 3.10. The van der Waals surface area contributed by atoms with Crippen LogP contribution in [0, 0.1) is 12.7 Å². The number of carbonyl (C=O) groups excluding carboxylic acids is 1. The topological polar surface area (TPSA) is 54.5 Å². The van der Waals surface area contributed by atoms with Gasteiger partial charge in [0.2, 0.25) is 5.91 Å². The molecule has 1 aliphatic rings. The van der Waals surface area contributed by atoms with Gasteiger partial charge < -0.3 is 4.90 Å². The van der Waals surface area contributed by atoms with Crippen LogP contribution in [-0.2, 0) is 21.1 Å². The minimum absolute atomic E-state index is 0.0391. The summed E-state index contributed by atoms with van der Waals surface area (Å²) in [6, 6.07) is 12.9. The highest BCUT2D eigenvalue weighted by atomic mass is 32.2. The lowest BCUT2D eigenvalue weighted by Gasteiger charge is -2.25. The lowest BCUT2D eigenvalue weighted by Crippen LogP contribution is -2.39. The van der Waals surface area contributed by atoms with Crippen molar-refractivity contribution in [2.45, 2.75) is 43.5 Å². The molecule has 3 rings (SSSR count). The number of halogens is 1. The second-order valence-corrected chi connectivity index (χ2v) is 9.10. The van der Waals surface area contributed by atoms with Crippen LogP contribution in [0.15, 0.2) is 53.4 Å². The molecule has 1 unspecified atom stereocenters. The monoisotopic (exact) mass is 389 g/mol. The molecule has 0 aromatic heterocycles. The van der Waals surface area contributed by atoms with Crippen molar-refractivity contribution < 1.29 is 17.6 Å². The fourth-order valence-corrected chi connectivity index (χ4v) is 5.19. The van der Waals surface area contributed by atoms with Crippen molar-refractivity contribution in [3.8, 4) is 0 Å². The maximum atomic E-state index is 13.4. The molecule has 0 radical (unpaired) electrons. The van der Waals surface area contributed by atoms with Crippen LogP contribution in [0.5, 0.6) is 0 Å². The van der Waals surface area contributed by atoms with Crippen LogP contribution in [0.1, 0.15) is 30.4 Å². The van der Waals surface area contributed by atoms with Gasteiger partial charge in [-0.2, -0.15) is 0 Å². The van der Waals surface area contributed by atoms with Gasteiger partial charge in [-0.05, 0) is 55.5 Å². The van der Waals surface area contributed by atoms with Crippen LogP contribution < -0.4 is 0 Å². The van der Waals surface area contributed by atoms with Gasteiger partial charge in [0.05, 0.1) is 10.6 Å². The summed E-state index contributed by atoms with van der Waals surface area (Å²) in [5, 5.41) is 0. The highest BCUT2D eigenvalue weighted by molar-refractivity contribution is 7.91. The number of aryl methyl sites for hydroxylation is 2. The van der Waals surface area contributed by atoms with Gasteiger partial charge in [-0.15, -0.1) is 0 Å². The number of hydrogen-bond donors (Lipinski definition) is 0. The Morgan fingerprint density at radius 3 is 2.63 bits per heavy atom. The summed E-state index contributed by atoms with van der Waals surface area (Å²) in [6.45, 7) is 2.29. The van der Waals surface area contributed by atoms with Crippen molar-refractivity contribution in [2.24, 2.45) is 0 Å². The van der Waals surface area contributed by atoms with E-state index < -0.39 is 9.84 Å². The smallest absolute Gasteiger partial charge is 0.223 e. The van der Waals surface area contributed by atoms with Crippen LogP contribution >= 0.6 is 0 Å². The second kappa shape index (κ2) is 8.21. The Hall–Kier alpha value is -2.21. The molecule has 1 saturated heterocycles. The van der Waals surface area contributed by atoms with E-state index in [1.807, 2.05) is 0 Å². The Morgan fingerprint density at radius 1 is 1.19 bits per heavy atom. The molecule has 1 atom stereocenters. The third-order valence-corrected chi connectivity index (χ3v) is 6.88. The summed E-state index contributed by atoms with van der Waals surface area (Å²) in [5.74, 6) is -0.336. The lowest BCUT2D eigenvalue weighted by atomic mass is 10.1. The van der Waals surface area contributed by atoms with Gasteiger partial charge in [0, 0.05) is 19.0 Å². The quantitative estimate of drug-likeness (QED) is 0.759. The van der Waals surface area contributed by atoms with Gasteiger partial charge in [-0.3, -0.25) is 4.79 Å². The Labute approximate surface area is 159 Å². The molecule has 0 aliphatic carbocycles. The zero-order valence-corrected chi connectivity index (χ0v) is 16.2. The van der Waals surface area contributed by atoms with Crippen molar-refractivity contribution in [1.82, 2.24) is 4.90 Å². The van der Waals surface area contributed by atoms with Crippen molar-refractivity contribution in [3.05, 3.63) is 65.5 Å². The summed E-state index contributed by atoms with van der Waals surface area (Å²) in [5.41, 5.74) is 1.47. The first kappa shape index (κ1) is 19.5. The minimum atomic E-state index is -3.42. The second-order valence-electron chi connectivity index (χ2n) is 7.06. The minimum Gasteiger partial charge on any atom is -0.339 e. The molecular weight excluding hydrogens is 365 g/mol. The maximum absolute atomic E-state index is 13.4. The maximum Gasteiger partial charge on any atom is 0.223 e. The summed E-state index contributed by atoms with van der Waals surface area (Å²) in [6.07, 6.45) is 2.34. The van der Waals surface area contributed by atoms with Gasteiger partial charge >= 0.3 is 0 Å². The number of carbonyl (C=O) groups is 1. The lowest BCUT2D eigenvalue weighted by molar-refractivity contribution is -0.131. The number of amides is 1. The Bertz CT molecular complexity index is 912. The van der Waals surface area contributed by atoms with E-state index in [2.05, 4.69) is 0 Å². The van der Waals surface area contributed by atoms with E-state index >= 15 is 0 Å². The first-order chi connectivity index (χ1) is 12.9. The molecule has 1 fully saturated rings. The number of nitrogens with zero attached hydrogens (tertiary/aromatic N) is 1. The number of rotatable bonds is 6. The van der Waals surface area contributed by atoms with E-state index in [0.29, 0.717) is 36.3 Å². The van der Waals surface area contributed by atoms with Crippen molar-refractivity contribution in [2.75, 3.05) is 12.3 Å². The summed E-state index contributed by atoms with van der Waals surface area (Å²) < 4.78 is 38.6. The van der Waals surface area contributed by atoms with Crippen molar-refractivity contribution in [3.63, 3.8) is 0 Å². The van der Waals surface area contributed by atoms with Gasteiger partial charge in [-0.25, -0.2) is 12.8 Å². The van der Waals surface area contributed by atoms with Crippen LogP contribution in [-0.4, -0.2) is 37.6 Å². The molecule has 0 N–H and O–H groups in total. The fourth-order valence-electron chi connectivity index (χ4n) is 3.57. The molecule has 2 aromatic carbocycles. The van der Waals surface area contributed by atoms with Crippen LogP contribution in [0.25, 0.3) is 0 Å². The molecule has 27 heavy (non-hydrogen) atoms. The van der Waals surface area contributed by atoms with Gasteiger partial charge in [0.25, 0.3) is 0 Å². The largest absolute Gasteiger partial charge is 0.339 e. The third-order valence-electron chi connectivity index (χ3n) is 5.06. The van der Waals surface area contributed by atoms with E-state index in [0.717, 1.165) is 12.0 Å². The van der Waals surface area contributed by atoms with Gasteiger partial charge in [0.1, 0.15) is 5.82 Å². The summed E-state index contributed by atoms with van der Waals surface area (Å²) >= 11 is 0. The molecule has 4 nitrogen and oxygen atoms in total. The Kier molecular flexibility index (Phi) is 5.95. The normalized spacial score (nSPS) is 17.3. The van der Waals surface area contributed by atoms with Crippen LogP contribution in [0.2, 0.25) is 0 Å². The molecule has 1 heterocycles. The molecule has 1 aliphatic heterocycles. The number of hydrogen-bond acceptors (Lipinski definition) is 3. The molecule has 0 spiro atoms. The predicted octanol–water partition coefficient (Wildman–Crippen LogP) is 3.53. The highest BCUT2D eigenvalue weighted by Crippen LogP contribution is 2.23. The number of sulfone groups is 1. The van der Waals surface area contributed by atoms with Crippen molar-refractivity contribution in [1.29, 1.82) is 0 Å². The Morgan fingerprint density at radius 2 is 1.93 bits per heavy atom. The van der Waals surface area contributed by atoms with E-state index in [-0.39, 0.29) is 23.5 Å². The number of likely N-dealkylation sites (tertiary alicyclic amines) is 1. The summed E-state index contributed by atoms with van der Waals surface area (Å²) in [4.78, 5) is 14.7. The zero-order valence-electron chi connectivity index (χ0n) is 15.4. The molecular formula is C21H24FNO3S. The van der Waals surface area contributed by atoms with E-state index in [1.54, 1.807) is 54.3 Å². The van der Waals surface area contributed by atoms with Gasteiger partial charge in [-0.1, -0.05) is 30.3 Å². The predicted molar refractivity (Wildman–Crippen MR) is 103 cm³/mol. The number of benzene rings is 2. The SMILES string of the molecule is Cc1cc(CCC(=O)N2CCCC2CS(=O)(=O)c2ccccc2)ccc1F. The first-order valence-electron chi connectivity index (χ1n) is 9.19. The first-order valence-corrected chi connectivity index (χ1v) is 10.8. The average molecular weight is 389 g/mol. The molecule has 2 aromatic rings. The standard InChI is InChI=1S/C21H24FNO3S/c1-16-14-17(9-11-20(16)22)10-12-21(24)23-13-5-6-18(23)15-27(25,26)19-7-3-2-4-8-19/h2-4,7-9,11,14,18H,5-6,10,12-13,15H2,1H3. The third kappa shape index (κ3) is 4.75. The highest BCUT2D eigenvalue weighted by Gasteiger charge is 2.32. The van der Waals surface area contributed by atoms with Gasteiger partial charge in [0.15, 0.2) is 9.84 Å². The molecule has 144 valence electrons.